The van der Waals surface area contributed by atoms with Gasteiger partial charge >= 0.3 is 6.09 Å². The van der Waals surface area contributed by atoms with E-state index in [1.54, 1.807) is 0 Å². The summed E-state index contributed by atoms with van der Waals surface area (Å²) in [6.45, 7) is 11.2. The summed E-state index contributed by atoms with van der Waals surface area (Å²) in [6.07, 6.45) is 4.30. The highest BCUT2D eigenvalue weighted by molar-refractivity contribution is 5.85. The summed E-state index contributed by atoms with van der Waals surface area (Å²) >= 11 is 0. The molecule has 2 saturated heterocycles. The Balaban J connectivity index is 1.54. The maximum Gasteiger partial charge on any atom is 0.407 e. The number of aryl methyl sites for hydroxylation is 1. The number of rotatable bonds is 3. The third-order valence-corrected chi connectivity index (χ3v) is 8.69. The number of hydrogen-bond acceptors (Lipinski definition) is 5. The van der Waals surface area contributed by atoms with Crippen LogP contribution in [0.15, 0.2) is 30.6 Å². The standard InChI is InChI=1S/C31H38N4O5/c1-18-14-32-28-23(18)13-22(15-33-28)21-11-19-5-7-35(29(36)20-6-9-39-16-20)27(31(2,3)4)26(19)24(12-21)25-17-40-10-8-34(25)30(37)38/h11-15,20,25,27H,5-10,16-17H2,1-4H3,(H,32,33)(H,37,38)/t20-,25-,27?/m0/s1. The molecule has 0 bridgehead atoms. The van der Waals surface area contributed by atoms with Gasteiger partial charge in [0.25, 0.3) is 0 Å². The summed E-state index contributed by atoms with van der Waals surface area (Å²) in [6, 6.07) is 5.80. The third-order valence-electron chi connectivity index (χ3n) is 8.69. The number of aromatic nitrogens is 2. The van der Waals surface area contributed by atoms with Gasteiger partial charge in [0.1, 0.15) is 5.65 Å². The summed E-state index contributed by atoms with van der Waals surface area (Å²) in [5.74, 6) is -0.00396. The van der Waals surface area contributed by atoms with Crippen molar-refractivity contribution >= 4 is 23.0 Å². The number of nitrogens with zero attached hydrogens (tertiary/aromatic N) is 3. The van der Waals surface area contributed by atoms with Gasteiger partial charge < -0.3 is 24.5 Å². The van der Waals surface area contributed by atoms with Crippen LogP contribution in [0.25, 0.3) is 22.2 Å². The van der Waals surface area contributed by atoms with Crippen molar-refractivity contribution in [2.75, 3.05) is 39.5 Å². The van der Waals surface area contributed by atoms with Crippen LogP contribution in [0.3, 0.4) is 0 Å². The average Bonchev–Trinajstić information content (AvgIpc) is 3.61. The quantitative estimate of drug-likeness (QED) is 0.473. The minimum Gasteiger partial charge on any atom is -0.465 e. The molecule has 6 rings (SSSR count). The van der Waals surface area contributed by atoms with Gasteiger partial charge in [0.2, 0.25) is 5.91 Å². The fraction of sp³-hybridized carbons (Fsp3) is 0.516. The maximum absolute atomic E-state index is 13.9. The van der Waals surface area contributed by atoms with Gasteiger partial charge in [-0.1, -0.05) is 26.8 Å². The van der Waals surface area contributed by atoms with Crippen LogP contribution in [0.4, 0.5) is 4.79 Å². The van der Waals surface area contributed by atoms with E-state index in [4.69, 9.17) is 9.47 Å². The summed E-state index contributed by atoms with van der Waals surface area (Å²) in [4.78, 5) is 37.7. The van der Waals surface area contributed by atoms with Crippen molar-refractivity contribution in [3.8, 4) is 11.1 Å². The SMILES string of the molecule is Cc1c[nH]c2ncc(-c3cc4c(c([C@@H]5COCCN5C(=O)O)c3)C(C(C)(C)C)N(C(=O)[C@H]3CCOC3)CC4)cc12. The summed E-state index contributed by atoms with van der Waals surface area (Å²) in [5.41, 5.74) is 6.79. The van der Waals surface area contributed by atoms with Crippen LogP contribution < -0.4 is 0 Å². The van der Waals surface area contributed by atoms with E-state index < -0.39 is 12.1 Å². The molecule has 2 fully saturated rings. The van der Waals surface area contributed by atoms with Gasteiger partial charge in [-0.05, 0) is 65.1 Å². The van der Waals surface area contributed by atoms with Gasteiger partial charge in [-0.25, -0.2) is 9.78 Å². The number of ether oxygens (including phenoxy) is 2. The van der Waals surface area contributed by atoms with Crippen LogP contribution in [-0.2, 0) is 20.7 Å². The lowest BCUT2D eigenvalue weighted by molar-refractivity contribution is -0.141. The first-order valence-corrected chi connectivity index (χ1v) is 14.2. The Labute approximate surface area is 234 Å². The Hall–Kier alpha value is -3.43. The zero-order valence-electron chi connectivity index (χ0n) is 23.7. The summed E-state index contributed by atoms with van der Waals surface area (Å²) in [5, 5.41) is 11.2. The molecule has 3 aliphatic heterocycles. The number of carbonyl (C=O) groups excluding carboxylic acids is 1. The molecule has 0 spiro atoms. The van der Waals surface area contributed by atoms with Crippen molar-refractivity contribution in [1.82, 2.24) is 19.8 Å². The molecule has 1 aromatic carbocycles. The lowest BCUT2D eigenvalue weighted by atomic mass is 9.73. The first-order chi connectivity index (χ1) is 19.1. The predicted molar refractivity (Wildman–Crippen MR) is 151 cm³/mol. The molecule has 2 amide bonds. The Bertz CT molecular complexity index is 1450. The van der Waals surface area contributed by atoms with Gasteiger partial charge in [0, 0.05) is 43.0 Å². The number of aromatic amines is 1. The molecule has 2 aromatic heterocycles. The molecule has 212 valence electrons. The minimum atomic E-state index is -0.961. The van der Waals surface area contributed by atoms with Crippen molar-refractivity contribution in [3.05, 3.63) is 52.8 Å². The predicted octanol–water partition coefficient (Wildman–Crippen LogP) is 5.10. The number of carboxylic acid groups (broad SMARTS) is 1. The van der Waals surface area contributed by atoms with Crippen LogP contribution in [0.2, 0.25) is 0 Å². The Morgan fingerprint density at radius 1 is 1.05 bits per heavy atom. The second-order valence-electron chi connectivity index (χ2n) is 12.4. The normalized spacial score (nSPS) is 23.4. The smallest absolute Gasteiger partial charge is 0.407 e. The number of H-pyrrole nitrogens is 1. The lowest BCUT2D eigenvalue weighted by Crippen LogP contribution is -2.49. The highest BCUT2D eigenvalue weighted by Gasteiger charge is 2.44. The lowest BCUT2D eigenvalue weighted by Gasteiger charge is -2.47. The topological polar surface area (TPSA) is 108 Å². The monoisotopic (exact) mass is 546 g/mol. The number of carbonyl (C=O) groups is 2. The average molecular weight is 547 g/mol. The van der Waals surface area contributed by atoms with Gasteiger partial charge in [-0.15, -0.1) is 0 Å². The van der Waals surface area contributed by atoms with Crippen LogP contribution >= 0.6 is 0 Å². The van der Waals surface area contributed by atoms with Gasteiger partial charge in [0.05, 0.1) is 37.8 Å². The van der Waals surface area contributed by atoms with Crippen molar-refractivity contribution < 1.29 is 24.2 Å². The third kappa shape index (κ3) is 4.65. The molecule has 9 nitrogen and oxygen atoms in total. The molecule has 0 aliphatic carbocycles. The first kappa shape index (κ1) is 26.8. The number of fused-ring (bicyclic) bond motifs is 2. The van der Waals surface area contributed by atoms with E-state index in [0.29, 0.717) is 39.3 Å². The molecule has 2 N–H and O–H groups in total. The molecule has 5 heterocycles. The molecule has 9 heteroatoms. The molecule has 3 atom stereocenters. The van der Waals surface area contributed by atoms with Gasteiger partial charge in [-0.3, -0.25) is 9.69 Å². The molecular formula is C31H38N4O5. The van der Waals surface area contributed by atoms with E-state index in [1.165, 1.54) is 4.90 Å². The molecule has 3 aliphatic rings. The largest absolute Gasteiger partial charge is 0.465 e. The summed E-state index contributed by atoms with van der Waals surface area (Å²) < 4.78 is 11.4. The molecule has 40 heavy (non-hydrogen) atoms. The van der Waals surface area contributed by atoms with Crippen molar-refractivity contribution in [2.24, 2.45) is 11.3 Å². The number of benzene rings is 1. The number of nitrogens with one attached hydrogen (secondary N) is 1. The van der Waals surface area contributed by atoms with Crippen LogP contribution in [0, 0.1) is 18.3 Å². The Morgan fingerprint density at radius 2 is 1.85 bits per heavy atom. The van der Waals surface area contributed by atoms with Crippen LogP contribution in [0.5, 0.6) is 0 Å². The zero-order chi connectivity index (χ0) is 28.2. The van der Waals surface area contributed by atoms with E-state index in [0.717, 1.165) is 50.8 Å². The number of morpholine rings is 1. The van der Waals surface area contributed by atoms with Crippen LogP contribution in [0.1, 0.15) is 61.5 Å². The van der Waals surface area contributed by atoms with Crippen molar-refractivity contribution in [3.63, 3.8) is 0 Å². The van der Waals surface area contributed by atoms with Crippen LogP contribution in [-0.4, -0.2) is 76.4 Å². The van der Waals surface area contributed by atoms with Gasteiger partial charge in [0.15, 0.2) is 0 Å². The van der Waals surface area contributed by atoms with E-state index in [-0.39, 0.29) is 29.9 Å². The highest BCUT2D eigenvalue weighted by atomic mass is 16.5. The van der Waals surface area contributed by atoms with Crippen molar-refractivity contribution in [2.45, 2.75) is 52.6 Å². The molecule has 3 aromatic rings. The number of amides is 2. The number of pyridine rings is 1. The first-order valence-electron chi connectivity index (χ1n) is 14.2. The Morgan fingerprint density at radius 3 is 2.58 bits per heavy atom. The zero-order valence-corrected chi connectivity index (χ0v) is 23.7. The molecule has 1 unspecified atom stereocenters. The van der Waals surface area contributed by atoms with Gasteiger partial charge in [-0.2, -0.15) is 0 Å². The molecular weight excluding hydrogens is 508 g/mol. The fourth-order valence-corrected chi connectivity index (χ4v) is 6.73. The van der Waals surface area contributed by atoms with E-state index in [2.05, 4.69) is 55.9 Å². The minimum absolute atomic E-state index is 0.130. The second-order valence-corrected chi connectivity index (χ2v) is 12.4. The second kappa shape index (κ2) is 10.2. The maximum atomic E-state index is 13.9. The van der Waals surface area contributed by atoms with Crippen molar-refractivity contribution in [1.29, 1.82) is 0 Å². The highest BCUT2D eigenvalue weighted by Crippen LogP contribution is 2.48. The summed E-state index contributed by atoms with van der Waals surface area (Å²) in [7, 11) is 0. The molecule has 0 radical (unpaired) electrons. The molecule has 0 saturated carbocycles. The number of hydrogen-bond donors (Lipinski definition) is 2. The van der Waals surface area contributed by atoms with E-state index in [9.17, 15) is 14.7 Å². The Kier molecular flexibility index (Phi) is 6.82. The fourth-order valence-electron chi connectivity index (χ4n) is 6.73. The van der Waals surface area contributed by atoms with E-state index >= 15 is 0 Å². The van der Waals surface area contributed by atoms with E-state index in [1.807, 2.05) is 17.3 Å².